The molecule has 3 rings (SSSR count). The number of hydrogen-bond acceptors (Lipinski definition) is 3. The van der Waals surface area contributed by atoms with Crippen LogP contribution in [0.25, 0.3) is 5.69 Å². The molecule has 0 aliphatic carbocycles. The zero-order valence-electron chi connectivity index (χ0n) is 22.7. The van der Waals surface area contributed by atoms with Crippen molar-refractivity contribution in [2.75, 3.05) is 17.2 Å². The summed E-state index contributed by atoms with van der Waals surface area (Å²) in [5, 5.41) is 10.7. The van der Waals surface area contributed by atoms with Crippen LogP contribution in [0.3, 0.4) is 0 Å². The van der Waals surface area contributed by atoms with E-state index in [0.717, 1.165) is 16.9 Å². The third kappa shape index (κ3) is 6.74. The number of rotatable bonds is 7. The summed E-state index contributed by atoms with van der Waals surface area (Å²) in [6.07, 6.45) is 0. The quantitative estimate of drug-likeness (QED) is 0.398. The highest BCUT2D eigenvalue weighted by Crippen LogP contribution is 2.26. The van der Waals surface area contributed by atoms with Gasteiger partial charge < -0.3 is 15.5 Å². The van der Waals surface area contributed by atoms with Gasteiger partial charge in [-0.15, -0.1) is 0 Å². The second-order valence-electron chi connectivity index (χ2n) is 10.9. The molecule has 0 saturated heterocycles. The van der Waals surface area contributed by atoms with Gasteiger partial charge in [0.05, 0.1) is 11.4 Å². The fraction of sp³-hybridized carbons (Fsp3) is 0.414. The molecule has 0 bridgehead atoms. The molecule has 1 aromatic heterocycles. The van der Waals surface area contributed by atoms with Crippen LogP contribution in [-0.4, -0.2) is 39.2 Å². The summed E-state index contributed by atoms with van der Waals surface area (Å²) in [7, 11) is 0. The molecule has 0 atom stereocenters. The monoisotopic (exact) mass is 489 g/mol. The number of urea groups is 1. The van der Waals surface area contributed by atoms with Crippen molar-refractivity contribution in [3.05, 3.63) is 71.4 Å². The van der Waals surface area contributed by atoms with Crippen LogP contribution in [-0.2, 0) is 10.2 Å². The molecular weight excluding hydrogens is 450 g/mol. The highest BCUT2D eigenvalue weighted by Gasteiger charge is 2.24. The minimum Gasteiger partial charge on any atom is -0.313 e. The minimum atomic E-state index is -0.320. The van der Waals surface area contributed by atoms with Crippen molar-refractivity contribution in [1.82, 2.24) is 14.7 Å². The van der Waals surface area contributed by atoms with Gasteiger partial charge >= 0.3 is 6.03 Å². The predicted molar refractivity (Wildman–Crippen MR) is 147 cm³/mol. The molecule has 0 unspecified atom stereocenters. The van der Waals surface area contributed by atoms with Crippen molar-refractivity contribution in [2.45, 2.75) is 72.8 Å². The van der Waals surface area contributed by atoms with Crippen LogP contribution in [0.4, 0.5) is 16.3 Å². The van der Waals surface area contributed by atoms with Gasteiger partial charge in [0.2, 0.25) is 5.91 Å². The molecule has 192 valence electrons. The zero-order chi connectivity index (χ0) is 26.6. The normalized spacial score (nSPS) is 11.6. The van der Waals surface area contributed by atoms with Gasteiger partial charge in [-0.1, -0.05) is 64.4 Å². The lowest BCUT2D eigenvalue weighted by Crippen LogP contribution is -2.44. The number of carbonyl (C=O) groups is 2. The molecule has 0 saturated carbocycles. The van der Waals surface area contributed by atoms with Crippen molar-refractivity contribution >= 4 is 23.4 Å². The number of hydrogen-bond donors (Lipinski definition) is 2. The van der Waals surface area contributed by atoms with Crippen molar-refractivity contribution in [3.63, 3.8) is 0 Å². The Morgan fingerprint density at radius 2 is 1.56 bits per heavy atom. The molecule has 0 spiro atoms. The minimum absolute atomic E-state index is 0.0858. The van der Waals surface area contributed by atoms with Crippen LogP contribution in [0.5, 0.6) is 0 Å². The Balaban J connectivity index is 1.77. The van der Waals surface area contributed by atoms with Crippen LogP contribution in [0.15, 0.2) is 54.6 Å². The van der Waals surface area contributed by atoms with E-state index in [9.17, 15) is 9.59 Å². The van der Waals surface area contributed by atoms with E-state index in [4.69, 9.17) is 5.10 Å². The summed E-state index contributed by atoms with van der Waals surface area (Å²) in [6, 6.07) is 17.2. The van der Waals surface area contributed by atoms with Crippen molar-refractivity contribution in [2.24, 2.45) is 0 Å². The summed E-state index contributed by atoms with van der Waals surface area (Å²) in [4.78, 5) is 27.7. The van der Waals surface area contributed by atoms with Gasteiger partial charge in [-0.3, -0.25) is 4.79 Å². The summed E-state index contributed by atoms with van der Waals surface area (Å²) in [5.74, 6) is 0.697. The molecule has 2 aromatic carbocycles. The maximum absolute atomic E-state index is 13.1. The molecule has 36 heavy (non-hydrogen) atoms. The number of nitrogens with one attached hydrogen (secondary N) is 2. The molecule has 3 aromatic rings. The Bertz CT molecular complexity index is 1190. The van der Waals surface area contributed by atoms with Crippen LogP contribution in [0, 0.1) is 6.92 Å². The molecule has 2 N–H and O–H groups in total. The smallest absolute Gasteiger partial charge is 0.313 e. The summed E-state index contributed by atoms with van der Waals surface area (Å²) in [5.41, 5.74) is 4.57. The van der Waals surface area contributed by atoms with Crippen LogP contribution in [0.2, 0.25) is 0 Å². The topological polar surface area (TPSA) is 79.3 Å². The first-order valence-electron chi connectivity index (χ1n) is 12.5. The third-order valence-electron chi connectivity index (χ3n) is 6.05. The lowest BCUT2D eigenvalue weighted by molar-refractivity contribution is -0.117. The van der Waals surface area contributed by atoms with Gasteiger partial charge in [0.15, 0.2) is 0 Å². The number of benzene rings is 2. The van der Waals surface area contributed by atoms with Crippen LogP contribution >= 0.6 is 0 Å². The van der Waals surface area contributed by atoms with Gasteiger partial charge in [-0.2, -0.15) is 5.10 Å². The first kappa shape index (κ1) is 27.0. The van der Waals surface area contributed by atoms with Gasteiger partial charge in [0.1, 0.15) is 12.4 Å². The molecule has 0 aliphatic rings. The van der Waals surface area contributed by atoms with E-state index in [2.05, 4.69) is 45.3 Å². The van der Waals surface area contributed by atoms with Crippen molar-refractivity contribution < 1.29 is 9.59 Å². The van der Waals surface area contributed by atoms with E-state index in [1.807, 2.05) is 75.4 Å². The van der Waals surface area contributed by atoms with Crippen molar-refractivity contribution in [3.8, 4) is 5.69 Å². The fourth-order valence-electron chi connectivity index (χ4n) is 3.69. The van der Waals surface area contributed by atoms with Gasteiger partial charge in [-0.25, -0.2) is 9.48 Å². The van der Waals surface area contributed by atoms with Crippen LogP contribution < -0.4 is 10.6 Å². The Labute approximate surface area is 214 Å². The first-order valence-corrected chi connectivity index (χ1v) is 12.5. The molecule has 1 heterocycles. The lowest BCUT2D eigenvalue weighted by Gasteiger charge is -2.26. The number of amides is 3. The zero-order valence-corrected chi connectivity index (χ0v) is 22.7. The molecule has 3 amide bonds. The highest BCUT2D eigenvalue weighted by molar-refractivity contribution is 5.97. The fourth-order valence-corrected chi connectivity index (χ4v) is 3.69. The number of aromatic nitrogens is 2. The second kappa shape index (κ2) is 11.0. The molecule has 0 radical (unpaired) electrons. The van der Waals surface area contributed by atoms with E-state index in [1.165, 1.54) is 10.5 Å². The molecular formula is C29H39N5O2. The number of anilines is 2. The predicted octanol–water partition coefficient (Wildman–Crippen LogP) is 6.48. The first-order chi connectivity index (χ1) is 16.8. The van der Waals surface area contributed by atoms with Gasteiger partial charge in [0, 0.05) is 23.2 Å². The molecule has 7 nitrogen and oxygen atoms in total. The average molecular weight is 490 g/mol. The molecule has 0 fully saturated rings. The Kier molecular flexibility index (Phi) is 8.23. The standard InChI is InChI=1S/C29H39N5O2/c1-19(2)22-11-13-23(14-12-22)30-28(36)33(20(3)4)18-27(35)31-26-17-25(29(6,7)8)32-34(26)24-15-9-21(5)10-16-24/h9-17,19-20H,18H2,1-8H3,(H,30,36)(H,31,35). The Morgan fingerprint density at radius 1 is 0.944 bits per heavy atom. The Hall–Kier alpha value is -3.61. The number of aryl methyl sites for hydroxylation is 1. The number of nitrogens with zero attached hydrogens (tertiary/aromatic N) is 3. The van der Waals surface area contributed by atoms with Gasteiger partial charge in [0.25, 0.3) is 0 Å². The van der Waals surface area contributed by atoms with Crippen molar-refractivity contribution in [1.29, 1.82) is 0 Å². The van der Waals surface area contributed by atoms with E-state index >= 15 is 0 Å². The highest BCUT2D eigenvalue weighted by atomic mass is 16.2. The molecule has 0 aliphatic heterocycles. The van der Waals surface area contributed by atoms with E-state index < -0.39 is 0 Å². The maximum Gasteiger partial charge on any atom is 0.322 e. The van der Waals surface area contributed by atoms with E-state index in [0.29, 0.717) is 17.4 Å². The summed E-state index contributed by atoms with van der Waals surface area (Å²) >= 11 is 0. The molecule has 7 heteroatoms. The largest absolute Gasteiger partial charge is 0.322 e. The Morgan fingerprint density at radius 3 is 2.08 bits per heavy atom. The van der Waals surface area contributed by atoms with E-state index in [-0.39, 0.29) is 29.9 Å². The summed E-state index contributed by atoms with van der Waals surface area (Å²) in [6.45, 7) is 16.2. The average Bonchev–Trinajstić information content (AvgIpc) is 3.22. The summed E-state index contributed by atoms with van der Waals surface area (Å²) < 4.78 is 1.74. The third-order valence-corrected chi connectivity index (χ3v) is 6.05. The van der Waals surface area contributed by atoms with E-state index in [1.54, 1.807) is 4.68 Å². The lowest BCUT2D eigenvalue weighted by atomic mass is 9.92. The maximum atomic E-state index is 13.1. The van der Waals surface area contributed by atoms with Crippen LogP contribution in [0.1, 0.15) is 71.2 Å². The second-order valence-corrected chi connectivity index (χ2v) is 10.9. The number of carbonyl (C=O) groups excluding carboxylic acids is 2. The van der Waals surface area contributed by atoms with Gasteiger partial charge in [-0.05, 0) is 56.5 Å². The SMILES string of the molecule is Cc1ccc(-n2nc(C(C)(C)C)cc2NC(=O)CN(C(=O)Nc2ccc(C(C)C)cc2)C(C)C)cc1.